The van der Waals surface area contributed by atoms with Gasteiger partial charge in [0, 0.05) is 41.8 Å². The molecule has 1 aliphatic heterocycles. The Morgan fingerprint density at radius 3 is 2.73 bits per heavy atom. The predicted molar refractivity (Wildman–Crippen MR) is 120 cm³/mol. The summed E-state index contributed by atoms with van der Waals surface area (Å²) in [7, 11) is 0. The minimum Gasteiger partial charge on any atom is -0.360 e. The Balaban J connectivity index is 1.36. The maximum Gasteiger partial charge on any atom is 0.278 e. The van der Waals surface area contributed by atoms with Crippen molar-refractivity contribution in [2.75, 3.05) is 11.9 Å². The number of fused-ring (bicyclic) bond motifs is 2. The van der Waals surface area contributed by atoms with Crippen LogP contribution < -0.4 is 5.32 Å². The van der Waals surface area contributed by atoms with Crippen molar-refractivity contribution < 1.29 is 9.32 Å². The zero-order valence-electron chi connectivity index (χ0n) is 16.3. The average Bonchev–Trinajstić information content (AvgIpc) is 3.20. The number of carbonyl (C=O) groups excluding carboxylic acids is 1. The number of nitrogens with zero attached hydrogens (tertiary/aromatic N) is 2. The number of nitrogens with one attached hydrogen (secondary N) is 1. The first kappa shape index (κ1) is 19.0. The van der Waals surface area contributed by atoms with Gasteiger partial charge in [0.15, 0.2) is 5.69 Å². The summed E-state index contributed by atoms with van der Waals surface area (Å²) >= 11 is 3.79. The first-order valence-corrected chi connectivity index (χ1v) is 10.7. The molecule has 0 saturated heterocycles. The second-order valence-corrected chi connectivity index (χ2v) is 8.27. The summed E-state index contributed by atoms with van der Waals surface area (Å²) in [5.74, 6) is 0.571. The number of benzene rings is 3. The van der Waals surface area contributed by atoms with Gasteiger partial charge < -0.3 is 9.84 Å². The summed E-state index contributed by atoms with van der Waals surface area (Å²) in [6, 6.07) is 22.1. The topological polar surface area (TPSA) is 58.4 Å². The molecule has 1 aromatic heterocycles. The molecule has 0 spiro atoms. The van der Waals surface area contributed by atoms with Crippen molar-refractivity contribution in [1.29, 1.82) is 0 Å². The van der Waals surface area contributed by atoms with Gasteiger partial charge in [0.2, 0.25) is 0 Å². The third-order valence-corrected chi connectivity index (χ3v) is 6.43. The molecule has 0 atom stereocenters. The largest absolute Gasteiger partial charge is 0.360 e. The molecule has 6 heteroatoms. The van der Waals surface area contributed by atoms with Crippen LogP contribution in [0.5, 0.6) is 0 Å². The predicted octanol–water partition coefficient (Wildman–Crippen LogP) is 5.40. The van der Waals surface area contributed by atoms with Crippen LogP contribution >= 0.6 is 15.9 Å². The molecule has 0 radical (unpaired) electrons. The number of rotatable bonds is 4. The number of halogens is 1. The molecule has 1 N–H and O–H groups in total. The van der Waals surface area contributed by atoms with Gasteiger partial charge in [-0.1, -0.05) is 59.8 Å². The average molecular weight is 462 g/mol. The van der Waals surface area contributed by atoms with Crippen molar-refractivity contribution in [3.05, 3.63) is 93.8 Å². The summed E-state index contributed by atoms with van der Waals surface area (Å²) in [5.41, 5.74) is 3.22. The Morgan fingerprint density at radius 1 is 1.07 bits per heavy atom. The van der Waals surface area contributed by atoms with Crippen molar-refractivity contribution in [3.8, 4) is 0 Å². The fraction of sp³-hybridized carbons (Fsp3) is 0.167. The van der Waals surface area contributed by atoms with E-state index in [2.05, 4.69) is 67.7 Å². The normalized spacial score (nSPS) is 13.9. The summed E-state index contributed by atoms with van der Waals surface area (Å²) in [5, 5.41) is 9.40. The van der Waals surface area contributed by atoms with Gasteiger partial charge in [0.05, 0.1) is 0 Å². The lowest BCUT2D eigenvalue weighted by Gasteiger charge is -2.26. The summed E-state index contributed by atoms with van der Waals surface area (Å²) in [4.78, 5) is 15.1. The molecule has 2 heterocycles. The Labute approximate surface area is 182 Å². The summed E-state index contributed by atoms with van der Waals surface area (Å²) in [6.07, 6.45) is 0.742. The van der Waals surface area contributed by atoms with E-state index in [0.29, 0.717) is 12.2 Å². The van der Waals surface area contributed by atoms with Gasteiger partial charge in [0.1, 0.15) is 5.76 Å². The van der Waals surface area contributed by atoms with Gasteiger partial charge in [-0.3, -0.25) is 9.69 Å². The Bertz CT molecular complexity index is 1220. The zero-order valence-corrected chi connectivity index (χ0v) is 17.9. The fourth-order valence-corrected chi connectivity index (χ4v) is 4.55. The molecule has 0 fully saturated rings. The molecule has 30 heavy (non-hydrogen) atoms. The van der Waals surface area contributed by atoms with Gasteiger partial charge in [0.25, 0.3) is 5.91 Å². The van der Waals surface area contributed by atoms with E-state index in [1.807, 2.05) is 30.3 Å². The van der Waals surface area contributed by atoms with Crippen molar-refractivity contribution >= 4 is 38.3 Å². The molecular formula is C24H20BrN3O2. The maximum absolute atomic E-state index is 12.8. The molecule has 5 nitrogen and oxygen atoms in total. The summed E-state index contributed by atoms with van der Waals surface area (Å²) < 4.78 is 6.60. The lowest BCUT2D eigenvalue weighted by atomic mass is 10.0. The lowest BCUT2D eigenvalue weighted by molar-refractivity contribution is 0.101. The van der Waals surface area contributed by atoms with E-state index in [4.69, 9.17) is 4.52 Å². The quantitative estimate of drug-likeness (QED) is 0.441. The first-order chi connectivity index (χ1) is 14.7. The molecule has 0 aliphatic carbocycles. The third kappa shape index (κ3) is 3.64. The minimum atomic E-state index is -0.236. The number of para-hydroxylation sites is 1. The first-order valence-electron chi connectivity index (χ1n) is 9.91. The number of hydrogen-bond donors (Lipinski definition) is 1. The van der Waals surface area contributed by atoms with Crippen LogP contribution in [0.2, 0.25) is 0 Å². The highest BCUT2D eigenvalue weighted by atomic mass is 79.9. The van der Waals surface area contributed by atoms with Crippen LogP contribution in [0.15, 0.2) is 75.7 Å². The van der Waals surface area contributed by atoms with Crippen LogP contribution in [-0.2, 0) is 19.5 Å². The van der Waals surface area contributed by atoms with Crippen molar-refractivity contribution in [1.82, 2.24) is 10.1 Å². The SMILES string of the molecule is O=C(Nc1ccccc1)c1noc2c1CN(Cc1ccc3ccccc3c1Br)CC2. The monoisotopic (exact) mass is 461 g/mol. The van der Waals surface area contributed by atoms with Crippen LogP contribution in [0.3, 0.4) is 0 Å². The second kappa shape index (κ2) is 8.05. The molecule has 1 amide bonds. The fourth-order valence-electron chi connectivity index (χ4n) is 3.93. The van der Waals surface area contributed by atoms with Crippen LogP contribution in [0.4, 0.5) is 5.69 Å². The molecule has 0 unspecified atom stereocenters. The number of amides is 1. The second-order valence-electron chi connectivity index (χ2n) is 7.47. The van der Waals surface area contributed by atoms with Gasteiger partial charge in [-0.15, -0.1) is 0 Å². The molecular weight excluding hydrogens is 442 g/mol. The van der Waals surface area contributed by atoms with Crippen LogP contribution in [0.25, 0.3) is 10.8 Å². The van der Waals surface area contributed by atoms with Crippen LogP contribution in [0.1, 0.15) is 27.4 Å². The number of hydrogen-bond acceptors (Lipinski definition) is 4. The smallest absolute Gasteiger partial charge is 0.278 e. The van der Waals surface area contributed by atoms with E-state index in [1.165, 1.54) is 16.3 Å². The highest BCUT2D eigenvalue weighted by molar-refractivity contribution is 9.10. The zero-order chi connectivity index (χ0) is 20.5. The van der Waals surface area contributed by atoms with Crippen molar-refractivity contribution in [2.45, 2.75) is 19.5 Å². The Morgan fingerprint density at radius 2 is 1.87 bits per heavy atom. The molecule has 4 aromatic rings. The van der Waals surface area contributed by atoms with Gasteiger partial charge in [-0.05, 0) is 44.4 Å². The number of anilines is 1. The molecule has 1 aliphatic rings. The highest BCUT2D eigenvalue weighted by Crippen LogP contribution is 2.30. The van der Waals surface area contributed by atoms with Gasteiger partial charge in [-0.25, -0.2) is 0 Å². The Hall–Kier alpha value is -2.96. The van der Waals surface area contributed by atoms with E-state index in [1.54, 1.807) is 0 Å². The van der Waals surface area contributed by atoms with E-state index in [0.717, 1.165) is 41.0 Å². The standard InChI is InChI=1S/C24H20BrN3O2/c25-22-17(11-10-16-6-4-5-9-19(16)22)14-28-13-12-21-20(15-28)23(27-30-21)24(29)26-18-7-2-1-3-8-18/h1-11H,12-15H2,(H,26,29). The molecule has 0 saturated carbocycles. The number of aromatic nitrogens is 1. The van der Waals surface area contributed by atoms with Gasteiger partial charge in [-0.2, -0.15) is 0 Å². The van der Waals surface area contributed by atoms with E-state index < -0.39 is 0 Å². The third-order valence-electron chi connectivity index (χ3n) is 5.49. The Kier molecular flexibility index (Phi) is 5.11. The number of carbonyl (C=O) groups is 1. The molecule has 3 aromatic carbocycles. The van der Waals surface area contributed by atoms with Gasteiger partial charge >= 0.3 is 0 Å². The van der Waals surface area contributed by atoms with Crippen molar-refractivity contribution in [2.24, 2.45) is 0 Å². The van der Waals surface area contributed by atoms with Crippen LogP contribution in [-0.4, -0.2) is 22.5 Å². The molecule has 5 rings (SSSR count). The minimum absolute atomic E-state index is 0.236. The van der Waals surface area contributed by atoms with E-state index >= 15 is 0 Å². The highest BCUT2D eigenvalue weighted by Gasteiger charge is 2.28. The van der Waals surface area contributed by atoms with Crippen LogP contribution in [0, 0.1) is 0 Å². The van der Waals surface area contributed by atoms with E-state index in [9.17, 15) is 4.79 Å². The lowest BCUT2D eigenvalue weighted by Crippen LogP contribution is -2.31. The molecule has 0 bridgehead atoms. The van der Waals surface area contributed by atoms with E-state index in [-0.39, 0.29) is 5.91 Å². The van der Waals surface area contributed by atoms with Crippen molar-refractivity contribution in [3.63, 3.8) is 0 Å². The molecule has 150 valence electrons. The summed E-state index contributed by atoms with van der Waals surface area (Å²) in [6.45, 7) is 2.28. The maximum atomic E-state index is 12.8.